The molecule has 0 bridgehead atoms. The van der Waals surface area contributed by atoms with Crippen LogP contribution in [0.5, 0.6) is 0 Å². The van der Waals surface area contributed by atoms with Crippen molar-refractivity contribution in [3.05, 3.63) is 77.0 Å². The molecule has 1 saturated heterocycles. The van der Waals surface area contributed by atoms with Crippen LogP contribution in [0.25, 0.3) is 22.4 Å². The monoisotopic (exact) mass is 599 g/mol. The SMILES string of the molecule is CC(C)(C)[S@@](=O)N1Cc2cc(C(=O)NCCN3CCCCC3)nc(-c3cccc(-c4cccc(C#N)c4)c3)c2[C@H]1CCO. The van der Waals surface area contributed by atoms with Gasteiger partial charge in [-0.2, -0.15) is 5.26 Å². The summed E-state index contributed by atoms with van der Waals surface area (Å²) in [6.07, 6.45) is 4.06. The third-order valence-corrected chi connectivity index (χ3v) is 10.0. The lowest BCUT2D eigenvalue weighted by molar-refractivity contribution is 0.0941. The van der Waals surface area contributed by atoms with Crippen LogP contribution in [0.1, 0.15) is 79.7 Å². The van der Waals surface area contributed by atoms with Crippen molar-refractivity contribution in [1.82, 2.24) is 19.5 Å². The molecule has 43 heavy (non-hydrogen) atoms. The average Bonchev–Trinajstić information content (AvgIpc) is 3.38. The summed E-state index contributed by atoms with van der Waals surface area (Å²) in [5, 5.41) is 22.6. The number of nitriles is 1. The van der Waals surface area contributed by atoms with Gasteiger partial charge < -0.3 is 15.3 Å². The van der Waals surface area contributed by atoms with Crippen molar-refractivity contribution >= 4 is 16.9 Å². The van der Waals surface area contributed by atoms with Crippen LogP contribution in [0, 0.1) is 11.3 Å². The van der Waals surface area contributed by atoms with Crippen LogP contribution < -0.4 is 5.32 Å². The number of nitrogens with one attached hydrogen (secondary N) is 1. The molecule has 3 heterocycles. The van der Waals surface area contributed by atoms with Crippen LogP contribution in [0.3, 0.4) is 0 Å². The van der Waals surface area contributed by atoms with Gasteiger partial charge in [0.1, 0.15) is 16.7 Å². The van der Waals surface area contributed by atoms with Crippen LogP contribution in [0.15, 0.2) is 54.6 Å². The Morgan fingerprint density at radius 2 is 1.77 bits per heavy atom. The van der Waals surface area contributed by atoms with Gasteiger partial charge in [0.25, 0.3) is 5.91 Å². The average molecular weight is 600 g/mol. The molecule has 1 amide bonds. The highest BCUT2D eigenvalue weighted by Crippen LogP contribution is 2.44. The Balaban J connectivity index is 1.55. The lowest BCUT2D eigenvalue weighted by Gasteiger charge is -2.30. The standard InChI is InChI=1S/C34H41N5O3S/c1-34(2,3)43(42)39-23-28-21-29(33(41)36-14-17-38-15-5-4-6-16-38)37-32(31(28)30(39)13-18-40)27-12-8-11-26(20-27)25-10-7-9-24(19-25)22-35/h7-12,19-21,30,40H,4-6,13-18,23H2,1-3H3,(H,36,41)/t30-,43-/m1/s1. The van der Waals surface area contributed by atoms with Crippen molar-refractivity contribution in [1.29, 1.82) is 5.26 Å². The molecule has 2 atom stereocenters. The highest BCUT2D eigenvalue weighted by Gasteiger charge is 2.40. The summed E-state index contributed by atoms with van der Waals surface area (Å²) in [7, 11) is -1.34. The number of aliphatic hydroxyl groups excluding tert-OH is 1. The third kappa shape index (κ3) is 7.05. The highest BCUT2D eigenvalue weighted by molar-refractivity contribution is 7.84. The van der Waals surface area contributed by atoms with E-state index in [0.717, 1.165) is 47.5 Å². The minimum Gasteiger partial charge on any atom is -0.396 e. The van der Waals surface area contributed by atoms with Crippen molar-refractivity contribution in [3.63, 3.8) is 0 Å². The van der Waals surface area contributed by atoms with Crippen LogP contribution in [-0.2, 0) is 17.5 Å². The molecular weight excluding hydrogens is 558 g/mol. The van der Waals surface area contributed by atoms with Crippen molar-refractivity contribution in [2.45, 2.75) is 63.8 Å². The number of piperidine rings is 1. The molecule has 9 heteroatoms. The molecule has 226 valence electrons. The molecule has 0 aliphatic carbocycles. The number of likely N-dealkylation sites (tertiary alicyclic amines) is 1. The molecule has 1 aromatic heterocycles. The molecule has 0 radical (unpaired) electrons. The largest absolute Gasteiger partial charge is 0.396 e. The first-order valence-electron chi connectivity index (χ1n) is 15.1. The Bertz CT molecular complexity index is 1540. The summed E-state index contributed by atoms with van der Waals surface area (Å²) < 4.78 is 15.1. The minimum absolute atomic E-state index is 0.0683. The first-order valence-corrected chi connectivity index (χ1v) is 16.2. The summed E-state index contributed by atoms with van der Waals surface area (Å²) in [5.41, 5.74) is 6.02. The second-order valence-electron chi connectivity index (χ2n) is 12.3. The van der Waals surface area contributed by atoms with Gasteiger partial charge in [-0.05, 0) is 94.1 Å². The van der Waals surface area contributed by atoms with E-state index in [4.69, 9.17) is 4.98 Å². The zero-order valence-corrected chi connectivity index (χ0v) is 26.1. The summed E-state index contributed by atoms with van der Waals surface area (Å²) in [6.45, 7) is 9.66. The quantitative estimate of drug-likeness (QED) is 0.350. The van der Waals surface area contributed by atoms with E-state index in [1.54, 1.807) is 6.07 Å². The smallest absolute Gasteiger partial charge is 0.269 e. The Morgan fingerprint density at radius 3 is 2.47 bits per heavy atom. The molecule has 2 N–H and O–H groups in total. The number of rotatable bonds is 9. The normalized spacial score (nSPS) is 18.2. The van der Waals surface area contributed by atoms with Gasteiger partial charge >= 0.3 is 0 Å². The molecule has 1 fully saturated rings. The van der Waals surface area contributed by atoms with Gasteiger partial charge in [-0.15, -0.1) is 0 Å². The molecular formula is C34H41N5O3S. The van der Waals surface area contributed by atoms with E-state index in [2.05, 4.69) is 16.3 Å². The molecule has 2 aromatic carbocycles. The lowest BCUT2D eigenvalue weighted by Crippen LogP contribution is -2.37. The maximum atomic E-state index is 13.7. The summed E-state index contributed by atoms with van der Waals surface area (Å²) in [4.78, 5) is 20.8. The van der Waals surface area contributed by atoms with E-state index in [-0.39, 0.29) is 18.6 Å². The molecule has 0 spiro atoms. The second-order valence-corrected chi connectivity index (χ2v) is 14.5. The number of nitrogens with zero attached hydrogens (tertiary/aromatic N) is 4. The van der Waals surface area contributed by atoms with E-state index in [0.29, 0.717) is 36.5 Å². The number of carbonyl (C=O) groups is 1. The summed E-state index contributed by atoms with van der Waals surface area (Å²) >= 11 is 0. The lowest BCUT2D eigenvalue weighted by atomic mass is 9.93. The number of benzene rings is 2. The van der Waals surface area contributed by atoms with E-state index < -0.39 is 15.7 Å². The number of fused-ring (bicyclic) bond motifs is 1. The number of hydrogen-bond donors (Lipinski definition) is 2. The predicted octanol–water partition coefficient (Wildman–Crippen LogP) is 5.20. The molecule has 0 unspecified atom stereocenters. The second kappa shape index (κ2) is 13.5. The maximum Gasteiger partial charge on any atom is 0.269 e. The van der Waals surface area contributed by atoms with Gasteiger partial charge in [0, 0.05) is 37.4 Å². The number of aliphatic hydroxyl groups is 1. The van der Waals surface area contributed by atoms with Crippen LogP contribution in [-0.4, -0.2) is 66.9 Å². The van der Waals surface area contributed by atoms with Gasteiger partial charge in [-0.3, -0.25) is 4.79 Å². The van der Waals surface area contributed by atoms with Crippen LogP contribution in [0.2, 0.25) is 0 Å². The van der Waals surface area contributed by atoms with Crippen molar-refractivity contribution in [2.24, 2.45) is 0 Å². The van der Waals surface area contributed by atoms with Crippen LogP contribution >= 0.6 is 0 Å². The van der Waals surface area contributed by atoms with Gasteiger partial charge in [0.2, 0.25) is 0 Å². The molecule has 3 aromatic rings. The highest BCUT2D eigenvalue weighted by atomic mass is 32.2. The van der Waals surface area contributed by atoms with E-state index in [1.807, 2.05) is 73.6 Å². The maximum absolute atomic E-state index is 13.7. The number of hydrogen-bond acceptors (Lipinski definition) is 6. The zero-order valence-electron chi connectivity index (χ0n) is 25.3. The predicted molar refractivity (Wildman–Crippen MR) is 170 cm³/mol. The Kier molecular flexibility index (Phi) is 9.72. The summed E-state index contributed by atoms with van der Waals surface area (Å²) in [5.74, 6) is -0.229. The number of carbonyl (C=O) groups excluding carboxylic acids is 1. The fourth-order valence-corrected chi connectivity index (χ4v) is 7.42. The van der Waals surface area contributed by atoms with Crippen LogP contribution in [0.4, 0.5) is 0 Å². The molecule has 5 rings (SSSR count). The fraction of sp³-hybridized carbons (Fsp3) is 0.441. The van der Waals surface area contributed by atoms with Gasteiger partial charge in [-0.1, -0.05) is 36.8 Å². The number of aromatic nitrogens is 1. The fourth-order valence-electron chi connectivity index (χ4n) is 6.02. The van der Waals surface area contributed by atoms with Crippen molar-refractivity contribution < 1.29 is 14.1 Å². The van der Waals surface area contributed by atoms with E-state index in [9.17, 15) is 19.4 Å². The Morgan fingerprint density at radius 1 is 1.07 bits per heavy atom. The zero-order chi connectivity index (χ0) is 30.6. The van der Waals surface area contributed by atoms with Crippen molar-refractivity contribution in [3.8, 4) is 28.5 Å². The molecule has 8 nitrogen and oxygen atoms in total. The minimum atomic E-state index is -1.34. The Labute approximate surface area is 257 Å². The first kappa shape index (κ1) is 31.0. The molecule has 0 saturated carbocycles. The molecule has 2 aliphatic rings. The summed E-state index contributed by atoms with van der Waals surface area (Å²) in [6, 6.07) is 19.1. The van der Waals surface area contributed by atoms with Gasteiger partial charge in [0.15, 0.2) is 0 Å². The van der Waals surface area contributed by atoms with Crippen molar-refractivity contribution in [2.75, 3.05) is 32.8 Å². The van der Waals surface area contributed by atoms with E-state index in [1.165, 1.54) is 19.3 Å². The number of amides is 1. The third-order valence-electron chi connectivity index (χ3n) is 8.15. The topological polar surface area (TPSA) is 110 Å². The van der Waals surface area contributed by atoms with Gasteiger partial charge in [0.05, 0.1) is 28.1 Å². The van der Waals surface area contributed by atoms with Gasteiger partial charge in [-0.25, -0.2) is 13.5 Å². The Hall–Kier alpha value is -3.42. The number of pyridine rings is 1. The van der Waals surface area contributed by atoms with E-state index >= 15 is 0 Å². The molecule has 2 aliphatic heterocycles. The first-order chi connectivity index (χ1) is 20.7.